The van der Waals surface area contributed by atoms with E-state index in [0.29, 0.717) is 71.4 Å². The predicted molar refractivity (Wildman–Crippen MR) is 196 cm³/mol. The number of aliphatic hydroxyl groups is 1. The molecule has 1 fully saturated rings. The monoisotopic (exact) mass is 708 g/mol. The molecule has 0 radical (unpaired) electrons. The molecular formula is C42H36N4O7. The van der Waals surface area contributed by atoms with Crippen molar-refractivity contribution in [3.8, 4) is 40.6 Å². The summed E-state index contributed by atoms with van der Waals surface area (Å²) in [6, 6.07) is 29.2. The highest BCUT2D eigenvalue weighted by molar-refractivity contribution is 6.03. The minimum absolute atomic E-state index is 0.0869. The minimum Gasteiger partial charge on any atom is -0.489 e. The van der Waals surface area contributed by atoms with E-state index in [1.165, 1.54) is 17.2 Å². The number of hydrogen-bond acceptors (Lipinski definition) is 9. The zero-order valence-corrected chi connectivity index (χ0v) is 28.9. The number of carbonyl (C=O) groups excluding carboxylic acids is 3. The van der Waals surface area contributed by atoms with Gasteiger partial charge in [0.15, 0.2) is 5.78 Å². The fourth-order valence-electron chi connectivity index (χ4n) is 6.25. The number of ketones is 1. The molecule has 1 aliphatic carbocycles. The van der Waals surface area contributed by atoms with Gasteiger partial charge in [-0.25, -0.2) is 0 Å². The fourth-order valence-corrected chi connectivity index (χ4v) is 6.25. The predicted octanol–water partition coefficient (Wildman–Crippen LogP) is 6.37. The van der Waals surface area contributed by atoms with Gasteiger partial charge in [0, 0.05) is 43.1 Å². The summed E-state index contributed by atoms with van der Waals surface area (Å²) >= 11 is 0. The molecule has 1 aliphatic heterocycles. The van der Waals surface area contributed by atoms with Crippen LogP contribution in [0.1, 0.15) is 52.2 Å². The lowest BCUT2D eigenvalue weighted by atomic mass is 9.77. The SMILES string of the molecule is CN1C(=O)C(NC(=O)c2cc(Oc3ccccc3)ccn2)COc2ccc(C#CC3(O)CCC(C(=O)c4cc(Oc5ccccc5)ccn4)CC3)cc21. The Morgan fingerprint density at radius 1 is 0.830 bits per heavy atom. The first-order valence-electron chi connectivity index (χ1n) is 17.3. The van der Waals surface area contributed by atoms with Crippen molar-refractivity contribution >= 4 is 23.3 Å². The van der Waals surface area contributed by atoms with Gasteiger partial charge in [-0.15, -0.1) is 0 Å². The maximum Gasteiger partial charge on any atom is 0.270 e. The Bertz CT molecular complexity index is 2190. The van der Waals surface area contributed by atoms with E-state index in [1.807, 2.05) is 48.5 Å². The molecule has 2 aromatic heterocycles. The Morgan fingerprint density at radius 3 is 2.08 bits per heavy atom. The Balaban J connectivity index is 0.964. The minimum atomic E-state index is -1.28. The molecule has 2 aliphatic rings. The normalized spacial score (nSPS) is 19.4. The number of nitrogens with one attached hydrogen (secondary N) is 1. The number of para-hydroxylation sites is 2. The number of pyridine rings is 2. The van der Waals surface area contributed by atoms with Crippen LogP contribution in [0.4, 0.5) is 5.69 Å². The van der Waals surface area contributed by atoms with E-state index in [2.05, 4.69) is 27.1 Å². The van der Waals surface area contributed by atoms with Crippen LogP contribution in [-0.2, 0) is 4.79 Å². The number of anilines is 1. The standard InChI is InChI=1S/C42H36N4O7/c1-46-37-24-28(14-19-42(50)20-15-29(16-21-42)39(47)34-25-32(17-22-43-34)52-30-8-4-2-5-9-30)12-13-38(37)51-27-36(41(46)49)45-40(48)35-26-33(18-23-44-35)53-31-10-6-3-7-11-31/h2-13,17-18,22-26,29,36,50H,15-16,20-21,27H2,1H3,(H,45,48). The van der Waals surface area contributed by atoms with Gasteiger partial charge in [-0.2, -0.15) is 0 Å². The zero-order valence-electron chi connectivity index (χ0n) is 28.9. The maximum absolute atomic E-state index is 13.5. The number of Topliss-reactive ketones (excluding diaryl/α,β-unsaturated/α-hetero) is 1. The van der Waals surface area contributed by atoms with Crippen molar-refractivity contribution in [1.29, 1.82) is 0 Å². The fraction of sp³-hybridized carbons (Fsp3) is 0.214. The topological polar surface area (TPSA) is 140 Å². The van der Waals surface area contributed by atoms with Gasteiger partial charge in [0.25, 0.3) is 11.8 Å². The zero-order chi connectivity index (χ0) is 36.8. The lowest BCUT2D eigenvalue weighted by Gasteiger charge is -2.31. The number of rotatable bonds is 8. The Morgan fingerprint density at radius 2 is 1.43 bits per heavy atom. The van der Waals surface area contributed by atoms with Gasteiger partial charge < -0.3 is 29.5 Å². The molecule has 53 heavy (non-hydrogen) atoms. The number of hydrogen-bond donors (Lipinski definition) is 2. The first-order valence-corrected chi connectivity index (χ1v) is 17.3. The van der Waals surface area contributed by atoms with E-state index in [1.54, 1.807) is 61.8 Å². The molecule has 2 N–H and O–H groups in total. The van der Waals surface area contributed by atoms with Crippen LogP contribution in [0.2, 0.25) is 0 Å². The van der Waals surface area contributed by atoms with Crippen LogP contribution in [0.25, 0.3) is 0 Å². The number of aromatic nitrogens is 2. The van der Waals surface area contributed by atoms with Crippen LogP contribution in [0, 0.1) is 17.8 Å². The average molecular weight is 709 g/mol. The molecule has 11 heteroatoms. The second-order valence-electron chi connectivity index (χ2n) is 12.9. The summed E-state index contributed by atoms with van der Waals surface area (Å²) in [6.07, 6.45) is 4.57. The van der Waals surface area contributed by atoms with Crippen molar-refractivity contribution in [3.05, 3.63) is 132 Å². The second-order valence-corrected chi connectivity index (χ2v) is 12.9. The lowest BCUT2D eigenvalue weighted by molar-refractivity contribution is -0.120. The van der Waals surface area contributed by atoms with E-state index in [-0.39, 0.29) is 29.9 Å². The van der Waals surface area contributed by atoms with Crippen LogP contribution < -0.4 is 24.4 Å². The number of carbonyl (C=O) groups is 3. The molecule has 0 saturated heterocycles. The number of amides is 2. The molecule has 5 aromatic rings. The lowest BCUT2D eigenvalue weighted by Crippen LogP contribution is -2.49. The Hall–Kier alpha value is -6.51. The number of ether oxygens (including phenoxy) is 3. The van der Waals surface area contributed by atoms with Crippen LogP contribution >= 0.6 is 0 Å². The molecule has 2 amide bonds. The van der Waals surface area contributed by atoms with Gasteiger partial charge in [0.2, 0.25) is 0 Å². The molecule has 0 bridgehead atoms. The van der Waals surface area contributed by atoms with E-state index in [9.17, 15) is 19.5 Å². The summed E-state index contributed by atoms with van der Waals surface area (Å²) in [5.41, 5.74) is 0.179. The third-order valence-electron chi connectivity index (χ3n) is 9.19. The first kappa shape index (κ1) is 34.9. The number of likely N-dealkylation sites (N-methyl/N-ethyl adjacent to an activating group) is 1. The first-order chi connectivity index (χ1) is 25.7. The third-order valence-corrected chi connectivity index (χ3v) is 9.19. The highest BCUT2D eigenvalue weighted by Gasteiger charge is 2.36. The Labute approximate surface area is 306 Å². The van der Waals surface area contributed by atoms with Gasteiger partial charge in [0.05, 0.1) is 5.69 Å². The molecule has 1 saturated carbocycles. The van der Waals surface area contributed by atoms with Crippen molar-refractivity contribution in [1.82, 2.24) is 15.3 Å². The highest BCUT2D eigenvalue weighted by Crippen LogP contribution is 2.35. The van der Waals surface area contributed by atoms with Gasteiger partial charge in [-0.05, 0) is 80.3 Å². The largest absolute Gasteiger partial charge is 0.489 e. The Kier molecular flexibility index (Phi) is 10.1. The smallest absolute Gasteiger partial charge is 0.270 e. The van der Waals surface area contributed by atoms with Crippen LogP contribution in [0.3, 0.4) is 0 Å². The number of benzene rings is 3. The van der Waals surface area contributed by atoms with E-state index in [4.69, 9.17) is 14.2 Å². The molecule has 0 spiro atoms. The van der Waals surface area contributed by atoms with Crippen molar-refractivity contribution < 1.29 is 33.7 Å². The summed E-state index contributed by atoms with van der Waals surface area (Å²) in [4.78, 5) is 49.9. The number of fused-ring (bicyclic) bond motifs is 1. The maximum atomic E-state index is 13.5. The molecular weight excluding hydrogens is 672 g/mol. The van der Waals surface area contributed by atoms with Gasteiger partial charge in [0.1, 0.15) is 58.4 Å². The average Bonchev–Trinajstić information content (AvgIpc) is 3.30. The van der Waals surface area contributed by atoms with Crippen LogP contribution in [0.5, 0.6) is 28.7 Å². The van der Waals surface area contributed by atoms with Gasteiger partial charge >= 0.3 is 0 Å². The summed E-state index contributed by atoms with van der Waals surface area (Å²) in [6.45, 7) is -0.0906. The van der Waals surface area contributed by atoms with Gasteiger partial charge in [-0.3, -0.25) is 24.4 Å². The van der Waals surface area contributed by atoms with Crippen molar-refractivity contribution in [2.24, 2.45) is 5.92 Å². The van der Waals surface area contributed by atoms with E-state index in [0.717, 1.165) is 0 Å². The summed E-state index contributed by atoms with van der Waals surface area (Å²) in [5, 5.41) is 14.1. The summed E-state index contributed by atoms with van der Waals surface area (Å²) in [7, 11) is 1.60. The van der Waals surface area contributed by atoms with Crippen LogP contribution in [-0.4, -0.2) is 58.0 Å². The molecule has 1 atom stereocenters. The van der Waals surface area contributed by atoms with Gasteiger partial charge in [-0.1, -0.05) is 48.2 Å². The van der Waals surface area contributed by atoms with Crippen molar-refractivity contribution in [2.75, 3.05) is 18.6 Å². The summed E-state index contributed by atoms with van der Waals surface area (Å²) in [5.74, 6) is 7.43. The summed E-state index contributed by atoms with van der Waals surface area (Å²) < 4.78 is 17.6. The van der Waals surface area contributed by atoms with Crippen molar-refractivity contribution in [3.63, 3.8) is 0 Å². The number of nitrogens with zero attached hydrogens (tertiary/aromatic N) is 3. The second kappa shape index (κ2) is 15.4. The van der Waals surface area contributed by atoms with E-state index < -0.39 is 17.6 Å². The molecule has 1 unspecified atom stereocenters. The third kappa shape index (κ3) is 8.35. The highest BCUT2D eigenvalue weighted by atomic mass is 16.5. The molecule has 11 nitrogen and oxygen atoms in total. The molecule has 3 heterocycles. The van der Waals surface area contributed by atoms with Crippen LogP contribution in [0.15, 0.2) is 116 Å². The molecule has 7 rings (SSSR count). The molecule has 3 aromatic carbocycles. The van der Waals surface area contributed by atoms with E-state index >= 15 is 0 Å². The molecule has 266 valence electrons. The van der Waals surface area contributed by atoms with Crippen molar-refractivity contribution in [2.45, 2.75) is 37.3 Å². The quantitative estimate of drug-likeness (QED) is 0.139.